The predicted molar refractivity (Wildman–Crippen MR) is 82.8 cm³/mol. The van der Waals surface area contributed by atoms with Gasteiger partial charge in [-0.05, 0) is 25.7 Å². The van der Waals surface area contributed by atoms with E-state index >= 15 is 0 Å². The molecule has 0 radical (unpaired) electrons. The number of carbonyl (C=O) groups is 1. The van der Waals surface area contributed by atoms with Crippen molar-refractivity contribution < 1.29 is 10.0 Å². The van der Waals surface area contributed by atoms with Crippen LogP contribution in [0.3, 0.4) is 0 Å². The Bertz CT molecular complexity index is 396. The monoisotopic (exact) mass is 281 g/mol. The van der Waals surface area contributed by atoms with Gasteiger partial charge >= 0.3 is 0 Å². The molecule has 1 aliphatic rings. The maximum absolute atomic E-state index is 12.9. The Morgan fingerprint density at radius 2 is 1.55 bits per heavy atom. The van der Waals surface area contributed by atoms with E-state index in [0.29, 0.717) is 0 Å². The van der Waals surface area contributed by atoms with Gasteiger partial charge in [-0.25, -0.2) is 0 Å². The van der Waals surface area contributed by atoms with Gasteiger partial charge in [0.05, 0.1) is 11.1 Å². The Labute approximate surface area is 124 Å². The van der Waals surface area contributed by atoms with Crippen molar-refractivity contribution in [3.8, 4) is 0 Å². The van der Waals surface area contributed by atoms with E-state index in [1.807, 2.05) is 26.8 Å². The van der Waals surface area contributed by atoms with Gasteiger partial charge in [0.15, 0.2) is 5.78 Å². The molecule has 1 N–H and O–H groups in total. The van der Waals surface area contributed by atoms with Gasteiger partial charge in [0.1, 0.15) is 0 Å². The first-order chi connectivity index (χ1) is 9.15. The zero-order valence-corrected chi connectivity index (χ0v) is 14.2. The highest BCUT2D eigenvalue weighted by Gasteiger charge is 2.54. The summed E-state index contributed by atoms with van der Waals surface area (Å²) < 4.78 is 0. The van der Waals surface area contributed by atoms with Crippen molar-refractivity contribution in [3.05, 3.63) is 11.6 Å². The van der Waals surface area contributed by atoms with Crippen LogP contribution in [0.25, 0.3) is 0 Å². The molecule has 3 nitrogen and oxygen atoms in total. The quantitative estimate of drug-likeness (QED) is 0.814. The average Bonchev–Trinajstić information content (AvgIpc) is 2.67. The van der Waals surface area contributed by atoms with Crippen LogP contribution < -0.4 is 0 Å². The molecule has 0 spiro atoms. The lowest BCUT2D eigenvalue weighted by molar-refractivity contribution is -0.209. The van der Waals surface area contributed by atoms with Gasteiger partial charge in [-0.15, -0.1) is 0 Å². The summed E-state index contributed by atoms with van der Waals surface area (Å²) in [6.45, 7) is 14.1. The van der Waals surface area contributed by atoms with Crippen molar-refractivity contribution in [1.29, 1.82) is 0 Å². The van der Waals surface area contributed by atoms with Crippen molar-refractivity contribution in [3.63, 3.8) is 0 Å². The molecule has 0 aliphatic carbocycles. The molecule has 0 fully saturated rings. The normalized spacial score (nSPS) is 21.9. The second-order valence-corrected chi connectivity index (χ2v) is 7.00. The average molecular weight is 281 g/mol. The third-order valence-corrected chi connectivity index (χ3v) is 5.06. The molecule has 0 aromatic carbocycles. The number of ketones is 1. The Balaban J connectivity index is 3.46. The highest BCUT2D eigenvalue weighted by Crippen LogP contribution is 2.48. The number of rotatable bonds is 5. The van der Waals surface area contributed by atoms with E-state index in [1.165, 1.54) is 5.06 Å². The number of hydrogen-bond donors (Lipinski definition) is 1. The fourth-order valence-corrected chi connectivity index (χ4v) is 3.37. The second-order valence-electron chi connectivity index (χ2n) is 7.00. The zero-order chi connectivity index (χ0) is 15.8. The first kappa shape index (κ1) is 17.4. The molecule has 1 rings (SSSR count). The van der Waals surface area contributed by atoms with Crippen molar-refractivity contribution in [1.82, 2.24) is 5.06 Å². The molecule has 116 valence electrons. The van der Waals surface area contributed by atoms with E-state index < -0.39 is 16.5 Å². The zero-order valence-electron chi connectivity index (χ0n) is 14.2. The summed E-state index contributed by atoms with van der Waals surface area (Å²) in [6, 6.07) is 0. The van der Waals surface area contributed by atoms with Crippen molar-refractivity contribution in [2.24, 2.45) is 5.41 Å². The molecule has 0 amide bonds. The predicted octanol–water partition coefficient (Wildman–Crippen LogP) is 4.35. The smallest absolute Gasteiger partial charge is 0.165 e. The molecule has 20 heavy (non-hydrogen) atoms. The first-order valence-corrected chi connectivity index (χ1v) is 7.92. The van der Waals surface area contributed by atoms with E-state index in [4.69, 9.17) is 0 Å². The number of Topliss-reactive ketones (excluding diaryl/α,β-unsaturated/α-hetero) is 1. The highest BCUT2D eigenvalue weighted by atomic mass is 16.5. The second kappa shape index (κ2) is 5.61. The Hall–Kier alpha value is -0.670. The van der Waals surface area contributed by atoms with Crippen LogP contribution in [0.5, 0.6) is 0 Å². The SMILES string of the molecule is CCC1(CC)C=C(C(=O)C(C)(C)C)C(CC)(CC)N1O. The van der Waals surface area contributed by atoms with E-state index in [-0.39, 0.29) is 5.78 Å². The Morgan fingerprint density at radius 1 is 1.10 bits per heavy atom. The molecule has 0 saturated carbocycles. The topological polar surface area (TPSA) is 40.5 Å². The number of hydroxylamine groups is 2. The van der Waals surface area contributed by atoms with Crippen LogP contribution in [-0.4, -0.2) is 27.1 Å². The van der Waals surface area contributed by atoms with Crippen LogP contribution >= 0.6 is 0 Å². The minimum absolute atomic E-state index is 0.157. The highest BCUT2D eigenvalue weighted by molar-refractivity contribution is 6.01. The maximum atomic E-state index is 12.9. The van der Waals surface area contributed by atoms with Gasteiger partial charge < -0.3 is 5.21 Å². The minimum Gasteiger partial charge on any atom is -0.312 e. The molecule has 1 aliphatic heterocycles. The summed E-state index contributed by atoms with van der Waals surface area (Å²) in [6.07, 6.45) is 5.16. The van der Waals surface area contributed by atoms with Crippen LogP contribution in [-0.2, 0) is 4.79 Å². The van der Waals surface area contributed by atoms with Gasteiger partial charge in [-0.1, -0.05) is 54.5 Å². The van der Waals surface area contributed by atoms with Crippen LogP contribution in [0.1, 0.15) is 74.1 Å². The molecule has 1 heterocycles. The van der Waals surface area contributed by atoms with E-state index in [1.54, 1.807) is 0 Å². The summed E-state index contributed by atoms with van der Waals surface area (Å²) in [5, 5.41) is 12.3. The molecule has 0 aromatic heterocycles. The molecule has 3 heteroatoms. The van der Waals surface area contributed by atoms with Crippen molar-refractivity contribution >= 4 is 5.78 Å². The Kier molecular flexibility index (Phi) is 4.87. The summed E-state index contributed by atoms with van der Waals surface area (Å²) in [5.41, 5.74) is -0.542. The summed E-state index contributed by atoms with van der Waals surface area (Å²) in [7, 11) is 0. The minimum atomic E-state index is -0.531. The molecular weight excluding hydrogens is 250 g/mol. The van der Waals surface area contributed by atoms with Gasteiger partial charge in [0, 0.05) is 11.0 Å². The standard InChI is InChI=1S/C17H31NO2/c1-8-16(9-2)12-13(14(19)15(5,6)7)17(10-3,11-4)18(16)20/h12,20H,8-11H2,1-7H3. The van der Waals surface area contributed by atoms with Crippen molar-refractivity contribution in [2.75, 3.05) is 0 Å². The molecule has 0 bridgehead atoms. The summed E-state index contributed by atoms with van der Waals surface area (Å²) in [5.74, 6) is 0.157. The largest absolute Gasteiger partial charge is 0.312 e. The van der Waals surface area contributed by atoms with Gasteiger partial charge in [-0.3, -0.25) is 4.79 Å². The molecule has 0 unspecified atom stereocenters. The number of nitrogens with zero attached hydrogens (tertiary/aromatic N) is 1. The fraction of sp³-hybridized carbons (Fsp3) is 0.824. The third kappa shape index (κ3) is 2.35. The van der Waals surface area contributed by atoms with Gasteiger partial charge in [0.25, 0.3) is 0 Å². The van der Waals surface area contributed by atoms with Crippen LogP contribution in [0, 0.1) is 5.41 Å². The molecule has 0 atom stereocenters. The fourth-order valence-electron chi connectivity index (χ4n) is 3.37. The molecule has 0 saturated heterocycles. The first-order valence-electron chi connectivity index (χ1n) is 7.92. The molecule has 0 aromatic rings. The maximum Gasteiger partial charge on any atom is 0.165 e. The lowest BCUT2D eigenvalue weighted by Crippen LogP contribution is -2.54. The lowest BCUT2D eigenvalue weighted by Gasteiger charge is -2.43. The lowest BCUT2D eigenvalue weighted by atomic mass is 9.76. The summed E-state index contributed by atoms with van der Waals surface area (Å²) in [4.78, 5) is 12.9. The van der Waals surface area contributed by atoms with Crippen LogP contribution in [0.4, 0.5) is 0 Å². The van der Waals surface area contributed by atoms with Gasteiger partial charge in [-0.2, -0.15) is 5.06 Å². The van der Waals surface area contributed by atoms with Crippen molar-refractivity contribution in [2.45, 2.75) is 85.2 Å². The molecular formula is C17H31NO2. The number of carbonyl (C=O) groups excluding carboxylic acids is 1. The van der Waals surface area contributed by atoms with Crippen LogP contribution in [0.15, 0.2) is 11.6 Å². The van der Waals surface area contributed by atoms with Crippen LogP contribution in [0.2, 0.25) is 0 Å². The van der Waals surface area contributed by atoms with E-state index in [9.17, 15) is 10.0 Å². The Morgan fingerprint density at radius 3 is 1.85 bits per heavy atom. The summed E-state index contributed by atoms with van der Waals surface area (Å²) >= 11 is 0. The third-order valence-electron chi connectivity index (χ3n) is 5.06. The number of hydrogen-bond acceptors (Lipinski definition) is 3. The van der Waals surface area contributed by atoms with E-state index in [0.717, 1.165) is 31.3 Å². The van der Waals surface area contributed by atoms with E-state index in [2.05, 4.69) is 27.7 Å². The van der Waals surface area contributed by atoms with Gasteiger partial charge in [0.2, 0.25) is 0 Å².